The van der Waals surface area contributed by atoms with Crippen LogP contribution in [0.5, 0.6) is 0 Å². The third-order valence-corrected chi connectivity index (χ3v) is 7.22. The molecule has 0 saturated carbocycles. The molecule has 4 nitrogen and oxygen atoms in total. The number of fused-ring (bicyclic) bond motifs is 1. The Morgan fingerprint density at radius 2 is 1.52 bits per heavy atom. The van der Waals surface area contributed by atoms with Gasteiger partial charge in [0.2, 0.25) is 0 Å². The summed E-state index contributed by atoms with van der Waals surface area (Å²) in [7, 11) is 0. The van der Waals surface area contributed by atoms with Gasteiger partial charge in [0, 0.05) is 34.3 Å². The van der Waals surface area contributed by atoms with Gasteiger partial charge in [-0.15, -0.1) is 11.3 Å². The molecule has 0 atom stereocenters. The molecule has 1 amide bonds. The predicted octanol–water partition coefficient (Wildman–Crippen LogP) is 5.43. The van der Waals surface area contributed by atoms with Crippen LogP contribution in [0.3, 0.4) is 0 Å². The van der Waals surface area contributed by atoms with Gasteiger partial charge in [-0.05, 0) is 65.9 Å². The van der Waals surface area contributed by atoms with Crippen LogP contribution in [-0.2, 0) is 25.8 Å². The zero-order chi connectivity index (χ0) is 22.6. The molecule has 4 aromatic rings. The first-order chi connectivity index (χ1) is 16.1. The maximum Gasteiger partial charge on any atom is 0.255 e. The average Bonchev–Trinajstić information content (AvgIpc) is 3.46. The molecule has 0 spiro atoms. The summed E-state index contributed by atoms with van der Waals surface area (Å²) in [5.74, 6) is -0.155. The number of nitrogens with one attached hydrogen (secondary N) is 2. The predicted molar refractivity (Wildman–Crippen MR) is 137 cm³/mol. The van der Waals surface area contributed by atoms with Crippen LogP contribution in [0.1, 0.15) is 36.8 Å². The highest BCUT2D eigenvalue weighted by Crippen LogP contribution is 2.24. The molecule has 0 saturated heterocycles. The molecule has 0 bridgehead atoms. The van der Waals surface area contributed by atoms with Crippen LogP contribution in [0.15, 0.2) is 84.9 Å². The van der Waals surface area contributed by atoms with Crippen LogP contribution in [0, 0.1) is 0 Å². The van der Waals surface area contributed by atoms with Gasteiger partial charge in [0.1, 0.15) is 0 Å². The molecule has 0 fully saturated rings. The summed E-state index contributed by atoms with van der Waals surface area (Å²) in [5.41, 5.74) is 11.9. The second kappa shape index (κ2) is 9.61. The van der Waals surface area contributed by atoms with Crippen molar-refractivity contribution in [1.29, 1.82) is 0 Å². The first kappa shape index (κ1) is 21.4. The number of anilines is 2. The first-order valence-corrected chi connectivity index (χ1v) is 12.1. The summed E-state index contributed by atoms with van der Waals surface area (Å²) in [5, 5.41) is 6.60. The van der Waals surface area contributed by atoms with E-state index in [1.807, 2.05) is 47.7 Å². The lowest BCUT2D eigenvalue weighted by Gasteiger charge is -2.10. The van der Waals surface area contributed by atoms with Crippen LogP contribution in [-0.4, -0.2) is 11.9 Å². The SMILES string of the molecule is Nc1ccccc1NC(=O)c1ccc(Cc2ccc(CNC3Cc4ccccc4C3)s2)cc1. The normalized spacial score (nSPS) is 13.1. The minimum Gasteiger partial charge on any atom is -0.397 e. The quantitative estimate of drug-likeness (QED) is 0.327. The highest BCUT2D eigenvalue weighted by molar-refractivity contribution is 7.12. The van der Waals surface area contributed by atoms with E-state index < -0.39 is 0 Å². The summed E-state index contributed by atoms with van der Waals surface area (Å²) >= 11 is 1.85. The van der Waals surface area contributed by atoms with Gasteiger partial charge in [-0.1, -0.05) is 48.5 Å². The Kier molecular flexibility index (Phi) is 6.24. The van der Waals surface area contributed by atoms with Crippen molar-refractivity contribution in [3.8, 4) is 0 Å². The summed E-state index contributed by atoms with van der Waals surface area (Å²) < 4.78 is 0. The summed E-state index contributed by atoms with van der Waals surface area (Å²) in [6.45, 7) is 0.908. The standard InChI is InChI=1S/C28H27N3OS/c29-26-7-3-4-8-27(26)31-28(32)20-11-9-19(10-12-20)15-24-13-14-25(33-24)18-30-23-16-21-5-1-2-6-22(21)17-23/h1-14,23,30H,15-18,29H2,(H,31,32). The number of para-hydroxylation sites is 2. The van der Waals surface area contributed by atoms with E-state index in [1.54, 1.807) is 12.1 Å². The molecule has 0 aliphatic heterocycles. The van der Waals surface area contributed by atoms with E-state index in [1.165, 1.54) is 26.4 Å². The minimum absolute atomic E-state index is 0.155. The number of carbonyl (C=O) groups excluding carboxylic acids is 1. The molecule has 1 heterocycles. The second-order valence-electron chi connectivity index (χ2n) is 8.54. The van der Waals surface area contributed by atoms with E-state index in [2.05, 4.69) is 47.0 Å². The van der Waals surface area contributed by atoms with Gasteiger partial charge < -0.3 is 16.4 Å². The van der Waals surface area contributed by atoms with Crippen LogP contribution < -0.4 is 16.4 Å². The lowest BCUT2D eigenvalue weighted by Crippen LogP contribution is -2.28. The molecule has 33 heavy (non-hydrogen) atoms. The van der Waals surface area contributed by atoms with Gasteiger partial charge in [-0.3, -0.25) is 4.79 Å². The molecule has 5 heteroatoms. The number of amides is 1. The van der Waals surface area contributed by atoms with E-state index in [0.717, 1.165) is 25.8 Å². The zero-order valence-corrected chi connectivity index (χ0v) is 19.2. The van der Waals surface area contributed by atoms with Crippen molar-refractivity contribution in [1.82, 2.24) is 5.32 Å². The van der Waals surface area contributed by atoms with Gasteiger partial charge in [-0.2, -0.15) is 0 Å². The Hall–Kier alpha value is -3.41. The van der Waals surface area contributed by atoms with Crippen molar-refractivity contribution in [3.05, 3.63) is 117 Å². The van der Waals surface area contributed by atoms with Crippen molar-refractivity contribution in [3.63, 3.8) is 0 Å². The maximum atomic E-state index is 12.5. The first-order valence-electron chi connectivity index (χ1n) is 11.3. The fourth-order valence-electron chi connectivity index (χ4n) is 4.34. The van der Waals surface area contributed by atoms with Crippen LogP contribution >= 0.6 is 11.3 Å². The molecule has 1 aliphatic rings. The smallest absolute Gasteiger partial charge is 0.255 e. The zero-order valence-electron chi connectivity index (χ0n) is 18.4. The molecule has 4 N–H and O–H groups in total. The van der Waals surface area contributed by atoms with Crippen molar-refractivity contribution in [2.45, 2.75) is 31.8 Å². The molecular weight excluding hydrogens is 426 g/mol. The number of hydrogen-bond donors (Lipinski definition) is 3. The molecule has 0 radical (unpaired) electrons. The summed E-state index contributed by atoms with van der Waals surface area (Å²) in [6.07, 6.45) is 3.10. The number of nitrogens with two attached hydrogens (primary N) is 1. The van der Waals surface area contributed by atoms with E-state index in [9.17, 15) is 4.79 Å². The maximum absolute atomic E-state index is 12.5. The Bertz CT molecular complexity index is 1240. The minimum atomic E-state index is -0.155. The van der Waals surface area contributed by atoms with E-state index in [0.29, 0.717) is 23.0 Å². The number of rotatable bonds is 7. The molecule has 0 unspecified atom stereocenters. The van der Waals surface area contributed by atoms with Gasteiger partial charge in [0.25, 0.3) is 5.91 Å². The van der Waals surface area contributed by atoms with Crippen molar-refractivity contribution < 1.29 is 4.79 Å². The monoisotopic (exact) mass is 453 g/mol. The van der Waals surface area contributed by atoms with Crippen LogP contribution in [0.25, 0.3) is 0 Å². The van der Waals surface area contributed by atoms with E-state index in [4.69, 9.17) is 5.73 Å². The summed E-state index contributed by atoms with van der Waals surface area (Å²) in [6, 6.07) is 28.8. The fourth-order valence-corrected chi connectivity index (χ4v) is 5.34. The fraction of sp³-hybridized carbons (Fsp3) is 0.179. The van der Waals surface area contributed by atoms with E-state index in [-0.39, 0.29) is 5.91 Å². The lowest BCUT2D eigenvalue weighted by molar-refractivity contribution is 0.102. The number of thiophene rings is 1. The van der Waals surface area contributed by atoms with Gasteiger partial charge >= 0.3 is 0 Å². The van der Waals surface area contributed by atoms with Crippen molar-refractivity contribution >= 4 is 28.6 Å². The van der Waals surface area contributed by atoms with Gasteiger partial charge in [-0.25, -0.2) is 0 Å². The highest BCUT2D eigenvalue weighted by Gasteiger charge is 2.20. The third kappa shape index (κ3) is 5.16. The average molecular weight is 454 g/mol. The molecule has 5 rings (SSSR count). The largest absolute Gasteiger partial charge is 0.397 e. The molecule has 3 aromatic carbocycles. The number of hydrogen-bond acceptors (Lipinski definition) is 4. The van der Waals surface area contributed by atoms with Crippen molar-refractivity contribution in [2.75, 3.05) is 11.1 Å². The van der Waals surface area contributed by atoms with Gasteiger partial charge in [0.05, 0.1) is 11.4 Å². The Morgan fingerprint density at radius 3 is 2.24 bits per heavy atom. The van der Waals surface area contributed by atoms with E-state index >= 15 is 0 Å². The number of carbonyl (C=O) groups is 1. The van der Waals surface area contributed by atoms with Crippen molar-refractivity contribution in [2.24, 2.45) is 0 Å². The lowest BCUT2D eigenvalue weighted by atomic mass is 10.1. The Labute approximate surface area is 198 Å². The molecular formula is C28H27N3OS. The summed E-state index contributed by atoms with van der Waals surface area (Å²) in [4.78, 5) is 15.2. The molecule has 1 aromatic heterocycles. The van der Waals surface area contributed by atoms with Gasteiger partial charge in [0.15, 0.2) is 0 Å². The van der Waals surface area contributed by atoms with Crippen LogP contribution in [0.2, 0.25) is 0 Å². The molecule has 1 aliphatic carbocycles. The Balaban J connectivity index is 1.14. The molecule has 166 valence electrons. The topological polar surface area (TPSA) is 67.1 Å². The third-order valence-electron chi connectivity index (χ3n) is 6.14. The van der Waals surface area contributed by atoms with Crippen LogP contribution in [0.4, 0.5) is 11.4 Å². The second-order valence-corrected chi connectivity index (χ2v) is 9.79. The number of nitrogen functional groups attached to an aromatic ring is 1. The highest BCUT2D eigenvalue weighted by atomic mass is 32.1. The number of benzene rings is 3. The Morgan fingerprint density at radius 1 is 0.848 bits per heavy atom.